The second-order valence-corrected chi connectivity index (χ2v) is 19.2. The molecule has 0 atom stereocenters. The number of allylic oxidation sites excluding steroid dienone is 5. The van der Waals surface area contributed by atoms with Gasteiger partial charge >= 0.3 is 0 Å². The third kappa shape index (κ3) is 5.04. The molecule has 298 valence electrons. The second kappa shape index (κ2) is 12.8. The smallest absolute Gasteiger partial charge is 0.0541 e. The lowest BCUT2D eigenvalue weighted by Crippen LogP contribution is -2.17. The third-order valence-corrected chi connectivity index (χ3v) is 15.2. The third-order valence-electron chi connectivity index (χ3n) is 15.2. The highest BCUT2D eigenvalue weighted by molar-refractivity contribution is 6.12. The fraction of sp³-hybridized carbons (Fsp3) is 0.167. The molecular formula is C60H48N2. The maximum atomic E-state index is 3.63. The zero-order valence-electron chi connectivity index (χ0n) is 35.9. The summed E-state index contributed by atoms with van der Waals surface area (Å²) in [5.41, 5.74) is 26.5. The van der Waals surface area contributed by atoms with Gasteiger partial charge in [0.15, 0.2) is 0 Å². The average Bonchev–Trinajstić information content (AvgIpc) is 3.99. The molecule has 0 bridgehead atoms. The van der Waals surface area contributed by atoms with Gasteiger partial charge in [-0.15, -0.1) is 0 Å². The summed E-state index contributed by atoms with van der Waals surface area (Å²) in [6.07, 6.45) is 13.7. The summed E-state index contributed by atoms with van der Waals surface area (Å²) in [6, 6.07) is 53.6. The fourth-order valence-corrected chi connectivity index (χ4v) is 11.9. The molecule has 2 aromatic heterocycles. The molecule has 1 N–H and O–H groups in total. The molecule has 4 aliphatic carbocycles. The van der Waals surface area contributed by atoms with Crippen LogP contribution in [-0.2, 0) is 17.3 Å². The Morgan fingerprint density at radius 3 is 1.79 bits per heavy atom. The van der Waals surface area contributed by atoms with E-state index in [1.54, 1.807) is 5.57 Å². The molecule has 2 heteroatoms. The summed E-state index contributed by atoms with van der Waals surface area (Å²) in [6.45, 7) is 9.53. The van der Waals surface area contributed by atoms with Crippen molar-refractivity contribution in [3.05, 3.63) is 197 Å². The average molecular weight is 797 g/mol. The SMILES string of the molecule is CC1(C)C2=C(C=CCC2)c2cc(-c3ccc4c(c3)c3cc(-c5ccc6c(c5)-c5ccccc5C6(C)C)ccc3n4-c3ccc(-c4ccc5[nH]c6c(c5c4)CCC=C6)cc3)ccc21. The van der Waals surface area contributed by atoms with Crippen LogP contribution in [0.5, 0.6) is 0 Å². The van der Waals surface area contributed by atoms with Gasteiger partial charge in [-0.05, 0) is 170 Å². The first kappa shape index (κ1) is 35.8. The van der Waals surface area contributed by atoms with E-state index in [4.69, 9.17) is 0 Å². The van der Waals surface area contributed by atoms with Crippen molar-refractivity contribution in [1.82, 2.24) is 9.55 Å². The number of aryl methyl sites for hydroxylation is 1. The Bertz CT molecular complexity index is 3500. The summed E-state index contributed by atoms with van der Waals surface area (Å²) in [5.74, 6) is 0. The minimum atomic E-state index is -0.0156. The zero-order valence-corrected chi connectivity index (χ0v) is 35.9. The van der Waals surface area contributed by atoms with E-state index < -0.39 is 0 Å². The zero-order chi connectivity index (χ0) is 41.5. The van der Waals surface area contributed by atoms with Crippen LogP contribution in [0.1, 0.15) is 80.5 Å². The van der Waals surface area contributed by atoms with Gasteiger partial charge in [0, 0.05) is 43.9 Å². The first-order valence-electron chi connectivity index (χ1n) is 22.5. The highest BCUT2D eigenvalue weighted by Crippen LogP contribution is 2.52. The quantitative estimate of drug-likeness (QED) is 0.183. The van der Waals surface area contributed by atoms with E-state index in [1.807, 2.05) is 0 Å². The number of benzene rings is 7. The van der Waals surface area contributed by atoms with Crippen molar-refractivity contribution in [2.75, 3.05) is 0 Å². The van der Waals surface area contributed by atoms with Gasteiger partial charge in [-0.2, -0.15) is 0 Å². The largest absolute Gasteiger partial charge is 0.355 e. The van der Waals surface area contributed by atoms with E-state index in [9.17, 15) is 0 Å². The fourth-order valence-electron chi connectivity index (χ4n) is 11.9. The van der Waals surface area contributed by atoms with E-state index >= 15 is 0 Å². The molecule has 62 heavy (non-hydrogen) atoms. The monoisotopic (exact) mass is 796 g/mol. The summed E-state index contributed by atoms with van der Waals surface area (Å²) in [7, 11) is 0. The van der Waals surface area contributed by atoms with Crippen molar-refractivity contribution in [1.29, 1.82) is 0 Å². The van der Waals surface area contributed by atoms with Crippen molar-refractivity contribution < 1.29 is 0 Å². The molecule has 0 saturated heterocycles. The van der Waals surface area contributed by atoms with Gasteiger partial charge in [0.25, 0.3) is 0 Å². The Hall–Kier alpha value is -6.90. The number of hydrogen-bond donors (Lipinski definition) is 1. The first-order valence-corrected chi connectivity index (χ1v) is 22.5. The Labute approximate surface area is 363 Å². The van der Waals surface area contributed by atoms with Crippen molar-refractivity contribution in [3.8, 4) is 50.2 Å². The first-order chi connectivity index (χ1) is 30.2. The molecule has 4 aliphatic rings. The molecule has 0 spiro atoms. The predicted molar refractivity (Wildman–Crippen MR) is 262 cm³/mol. The molecule has 0 fully saturated rings. The number of H-pyrrole nitrogens is 1. The Morgan fingerprint density at radius 2 is 1.03 bits per heavy atom. The number of aromatic amines is 1. The molecule has 7 aromatic carbocycles. The highest BCUT2D eigenvalue weighted by Gasteiger charge is 2.38. The van der Waals surface area contributed by atoms with Crippen LogP contribution in [0.25, 0.3) is 94.6 Å². The Morgan fingerprint density at radius 1 is 0.468 bits per heavy atom. The van der Waals surface area contributed by atoms with Gasteiger partial charge in [-0.3, -0.25) is 0 Å². The van der Waals surface area contributed by atoms with E-state index in [-0.39, 0.29) is 10.8 Å². The topological polar surface area (TPSA) is 20.7 Å². The van der Waals surface area contributed by atoms with Crippen LogP contribution >= 0.6 is 0 Å². The van der Waals surface area contributed by atoms with Gasteiger partial charge < -0.3 is 9.55 Å². The molecule has 0 aliphatic heterocycles. The maximum Gasteiger partial charge on any atom is 0.0541 e. The minimum absolute atomic E-state index is 0.0156. The lowest BCUT2D eigenvalue weighted by molar-refractivity contribution is 0.607. The van der Waals surface area contributed by atoms with Crippen LogP contribution in [0.3, 0.4) is 0 Å². The van der Waals surface area contributed by atoms with E-state index in [0.717, 1.165) is 25.7 Å². The van der Waals surface area contributed by atoms with Gasteiger partial charge in [-0.25, -0.2) is 0 Å². The number of rotatable bonds is 4. The second-order valence-electron chi connectivity index (χ2n) is 19.2. The van der Waals surface area contributed by atoms with Gasteiger partial charge in [0.2, 0.25) is 0 Å². The van der Waals surface area contributed by atoms with Crippen molar-refractivity contribution in [3.63, 3.8) is 0 Å². The van der Waals surface area contributed by atoms with Crippen molar-refractivity contribution in [2.45, 2.75) is 64.2 Å². The Kier molecular flexibility index (Phi) is 7.40. The summed E-state index contributed by atoms with van der Waals surface area (Å²) >= 11 is 0. The molecule has 9 aromatic rings. The van der Waals surface area contributed by atoms with Gasteiger partial charge in [0.05, 0.1) is 11.0 Å². The number of hydrogen-bond acceptors (Lipinski definition) is 0. The van der Waals surface area contributed by atoms with Crippen LogP contribution in [0.4, 0.5) is 0 Å². The lowest BCUT2D eigenvalue weighted by atomic mass is 9.78. The maximum absolute atomic E-state index is 3.63. The molecule has 0 amide bonds. The molecule has 0 unspecified atom stereocenters. The minimum Gasteiger partial charge on any atom is -0.355 e. The normalized spacial score (nSPS) is 16.5. The number of aromatic nitrogens is 2. The number of nitrogens with zero attached hydrogens (tertiary/aromatic N) is 1. The summed E-state index contributed by atoms with van der Waals surface area (Å²) in [5, 5.41) is 3.88. The lowest BCUT2D eigenvalue weighted by Gasteiger charge is -2.25. The summed E-state index contributed by atoms with van der Waals surface area (Å²) in [4.78, 5) is 3.63. The van der Waals surface area contributed by atoms with Crippen LogP contribution in [-0.4, -0.2) is 9.55 Å². The van der Waals surface area contributed by atoms with E-state index in [1.165, 1.54) is 122 Å². The van der Waals surface area contributed by atoms with Crippen LogP contribution < -0.4 is 0 Å². The highest BCUT2D eigenvalue weighted by atomic mass is 15.0. The molecule has 13 rings (SSSR count). The molecular weight excluding hydrogens is 749 g/mol. The van der Waals surface area contributed by atoms with Crippen molar-refractivity contribution >= 4 is 44.4 Å². The Balaban J connectivity index is 0.959. The van der Waals surface area contributed by atoms with Crippen molar-refractivity contribution in [2.24, 2.45) is 0 Å². The molecule has 0 radical (unpaired) electrons. The van der Waals surface area contributed by atoms with Crippen LogP contribution in [0, 0.1) is 0 Å². The van der Waals surface area contributed by atoms with Crippen LogP contribution in [0.15, 0.2) is 163 Å². The molecule has 0 saturated carbocycles. The predicted octanol–water partition coefficient (Wildman–Crippen LogP) is 15.9. The number of fused-ring (bicyclic) bond motifs is 11. The summed E-state index contributed by atoms with van der Waals surface area (Å²) < 4.78 is 2.47. The van der Waals surface area contributed by atoms with Crippen LogP contribution in [0.2, 0.25) is 0 Å². The van der Waals surface area contributed by atoms with Gasteiger partial charge in [0.1, 0.15) is 0 Å². The van der Waals surface area contributed by atoms with E-state index in [0.29, 0.717) is 0 Å². The molecule has 2 heterocycles. The van der Waals surface area contributed by atoms with E-state index in [2.05, 4.69) is 201 Å². The standard InChI is InChI=1S/C60H48N2/c1-59(2)51-14-8-5-11-43(51)46-31-38(19-26-53(46)59)40-22-29-57-49(34-40)50-35-41(39-20-27-54-47(32-39)44-12-6-9-15-52(44)60(54,3)4)23-30-58(50)62(57)42-24-17-36(18-25-42)37-21-28-56-48(33-37)45-13-7-10-16-55(45)61-56/h5-6,8,10-12,14,16-35,61H,7,9,13,15H2,1-4H3. The number of nitrogens with one attached hydrogen (secondary N) is 1. The molecule has 2 nitrogen and oxygen atoms in total. The van der Waals surface area contributed by atoms with Gasteiger partial charge in [-0.1, -0.05) is 130 Å².